The topological polar surface area (TPSA) is 0 Å². The van der Waals surface area contributed by atoms with Crippen molar-refractivity contribution in [2.45, 2.75) is 60.5 Å². The van der Waals surface area contributed by atoms with Gasteiger partial charge >= 0.3 is 47.6 Å². The average Bonchev–Trinajstić information content (AvgIpc) is 2.50. The van der Waals surface area contributed by atoms with Crippen LogP contribution in [0.5, 0.6) is 0 Å². The van der Waals surface area contributed by atoms with E-state index in [-0.39, 0.29) is 0 Å². The molecule has 0 spiro atoms. The summed E-state index contributed by atoms with van der Waals surface area (Å²) in [6.07, 6.45) is -11.8. The second-order valence-corrected chi connectivity index (χ2v) is 6.12. The Labute approximate surface area is 152 Å². The van der Waals surface area contributed by atoms with Crippen LogP contribution in [0, 0.1) is 0 Å². The second-order valence-electron chi connectivity index (χ2n) is 5.54. The second kappa shape index (κ2) is 7.43. The largest absolute Gasteiger partial charge is 0.460 e. The van der Waals surface area contributed by atoms with Crippen LogP contribution in [0.25, 0.3) is 0 Å². The standard InChI is InChI=1S/C11H8F17P/c12-4(13,2-1-3-29)5(14,15)6(16,17)7(18,19)8(20,21)9(22,23)10(24,25)11(26,27)28/h1-3,29H2. The van der Waals surface area contributed by atoms with Crippen molar-refractivity contribution in [1.82, 2.24) is 0 Å². The van der Waals surface area contributed by atoms with Crippen LogP contribution in [0.3, 0.4) is 0 Å². The first kappa shape index (κ1) is 28.2. The lowest BCUT2D eigenvalue weighted by Crippen LogP contribution is -2.74. The van der Waals surface area contributed by atoms with Gasteiger partial charge in [0.2, 0.25) is 0 Å². The molecule has 0 bridgehead atoms. The van der Waals surface area contributed by atoms with E-state index in [1.54, 1.807) is 9.24 Å². The molecule has 18 heteroatoms. The van der Waals surface area contributed by atoms with E-state index in [0.29, 0.717) is 0 Å². The minimum atomic E-state index is -8.57. The zero-order chi connectivity index (χ0) is 24.1. The van der Waals surface area contributed by atoms with Crippen molar-refractivity contribution >= 4 is 9.24 Å². The van der Waals surface area contributed by atoms with Crippen molar-refractivity contribution < 1.29 is 74.6 Å². The van der Waals surface area contributed by atoms with Gasteiger partial charge in [0, 0.05) is 6.42 Å². The number of hydrogen-bond acceptors (Lipinski definition) is 0. The molecule has 0 aliphatic rings. The summed E-state index contributed by atoms with van der Waals surface area (Å²) in [5, 5.41) is 0. The van der Waals surface area contributed by atoms with Crippen LogP contribution >= 0.6 is 9.24 Å². The first-order valence-corrected chi connectivity index (χ1v) is 7.54. The van der Waals surface area contributed by atoms with Crippen LogP contribution in [-0.2, 0) is 0 Å². The van der Waals surface area contributed by atoms with E-state index in [0.717, 1.165) is 0 Å². The number of hydrogen-bond donors (Lipinski definition) is 0. The number of halogens is 17. The van der Waals surface area contributed by atoms with Gasteiger partial charge in [-0.15, -0.1) is 9.24 Å². The molecule has 176 valence electrons. The van der Waals surface area contributed by atoms with Gasteiger partial charge in [-0.2, -0.15) is 74.6 Å². The van der Waals surface area contributed by atoms with Gasteiger partial charge < -0.3 is 0 Å². The molecule has 0 fully saturated rings. The minimum absolute atomic E-state index is 0.542. The fourth-order valence-corrected chi connectivity index (χ4v) is 1.88. The molecule has 0 aliphatic heterocycles. The lowest BCUT2D eigenvalue weighted by atomic mass is 9.88. The maximum absolute atomic E-state index is 13.3. The summed E-state index contributed by atoms with van der Waals surface area (Å²) in [6, 6.07) is 0. The van der Waals surface area contributed by atoms with Gasteiger partial charge in [0.25, 0.3) is 0 Å². The fraction of sp³-hybridized carbons (Fsp3) is 1.00. The van der Waals surface area contributed by atoms with E-state index in [2.05, 4.69) is 0 Å². The van der Waals surface area contributed by atoms with Crippen LogP contribution in [0.15, 0.2) is 0 Å². The summed E-state index contributed by atoms with van der Waals surface area (Å²) in [5.41, 5.74) is 0. The van der Waals surface area contributed by atoms with Gasteiger partial charge in [-0.05, 0) is 12.6 Å². The van der Waals surface area contributed by atoms with Crippen molar-refractivity contribution in [3.63, 3.8) is 0 Å². The molecule has 1 atom stereocenters. The summed E-state index contributed by atoms with van der Waals surface area (Å²) >= 11 is 0. The molecule has 29 heavy (non-hydrogen) atoms. The summed E-state index contributed by atoms with van der Waals surface area (Å²) in [7, 11) is 1.59. The highest BCUT2D eigenvalue weighted by Crippen LogP contribution is 2.64. The third-order valence-corrected chi connectivity index (χ3v) is 3.89. The minimum Gasteiger partial charge on any atom is -0.200 e. The number of rotatable bonds is 9. The molecule has 0 aromatic rings. The van der Waals surface area contributed by atoms with Gasteiger partial charge in [0.05, 0.1) is 0 Å². The van der Waals surface area contributed by atoms with Crippen LogP contribution in [0.1, 0.15) is 12.8 Å². The Morgan fingerprint density at radius 2 is 0.690 bits per heavy atom. The molecule has 1 unspecified atom stereocenters. The van der Waals surface area contributed by atoms with Crippen LogP contribution in [-0.4, -0.2) is 53.8 Å². The summed E-state index contributed by atoms with van der Waals surface area (Å²) in [6.45, 7) is 0. The first-order chi connectivity index (χ1) is 12.3. The molecular weight excluding hydrogens is 486 g/mol. The summed E-state index contributed by atoms with van der Waals surface area (Å²) < 4.78 is 219. The Morgan fingerprint density at radius 1 is 0.414 bits per heavy atom. The van der Waals surface area contributed by atoms with Gasteiger partial charge in [-0.25, -0.2) is 0 Å². The zero-order valence-electron chi connectivity index (χ0n) is 13.1. The quantitative estimate of drug-likeness (QED) is 0.249. The molecular formula is C11H8F17P. The Balaban J connectivity index is 6.57. The van der Waals surface area contributed by atoms with Crippen molar-refractivity contribution in [1.29, 1.82) is 0 Å². The average molecular weight is 494 g/mol. The first-order valence-electron chi connectivity index (χ1n) is 6.72. The molecule has 0 nitrogen and oxygen atoms in total. The highest BCUT2D eigenvalue weighted by molar-refractivity contribution is 7.16. The predicted molar refractivity (Wildman–Crippen MR) is 64.5 cm³/mol. The highest BCUT2D eigenvalue weighted by atomic mass is 31.0. The monoisotopic (exact) mass is 494 g/mol. The molecule has 0 rings (SSSR count). The molecule has 0 N–H and O–H groups in total. The van der Waals surface area contributed by atoms with Crippen molar-refractivity contribution in [2.24, 2.45) is 0 Å². The van der Waals surface area contributed by atoms with Crippen molar-refractivity contribution in [3.05, 3.63) is 0 Å². The Kier molecular flexibility index (Phi) is 7.24. The maximum atomic E-state index is 13.3. The summed E-state index contributed by atoms with van der Waals surface area (Å²) in [4.78, 5) is 0. The molecule has 0 radical (unpaired) electrons. The number of alkyl halides is 17. The van der Waals surface area contributed by atoms with E-state index in [1.807, 2.05) is 0 Å². The molecule has 0 saturated carbocycles. The van der Waals surface area contributed by atoms with Gasteiger partial charge in [-0.3, -0.25) is 0 Å². The predicted octanol–water partition coefficient (Wildman–Crippen LogP) is 6.65. The molecule has 0 aliphatic carbocycles. The van der Waals surface area contributed by atoms with Crippen LogP contribution in [0.4, 0.5) is 74.6 Å². The Bertz CT molecular complexity index is 574. The lowest BCUT2D eigenvalue weighted by molar-refractivity contribution is -0.461. The van der Waals surface area contributed by atoms with Crippen molar-refractivity contribution in [3.8, 4) is 0 Å². The fourth-order valence-electron chi connectivity index (χ4n) is 1.68. The van der Waals surface area contributed by atoms with E-state index in [4.69, 9.17) is 0 Å². The van der Waals surface area contributed by atoms with Crippen LogP contribution in [0.2, 0.25) is 0 Å². The smallest absolute Gasteiger partial charge is 0.200 e. The lowest BCUT2D eigenvalue weighted by Gasteiger charge is -2.42. The van der Waals surface area contributed by atoms with E-state index < -0.39 is 66.6 Å². The SMILES string of the molecule is FC(F)(F)C(F)(F)C(F)(F)C(F)(F)C(F)(F)C(F)(F)C(F)(F)C(F)(F)CCCP. The maximum Gasteiger partial charge on any atom is 0.460 e. The van der Waals surface area contributed by atoms with Crippen molar-refractivity contribution in [2.75, 3.05) is 6.16 Å². The third-order valence-electron chi connectivity index (χ3n) is 3.48. The van der Waals surface area contributed by atoms with Gasteiger partial charge in [0.15, 0.2) is 0 Å². The molecule has 0 amide bonds. The summed E-state index contributed by atoms with van der Waals surface area (Å²) in [5.74, 6) is -55.7. The van der Waals surface area contributed by atoms with E-state index in [1.165, 1.54) is 0 Å². The van der Waals surface area contributed by atoms with E-state index in [9.17, 15) is 74.6 Å². The third kappa shape index (κ3) is 3.84. The van der Waals surface area contributed by atoms with Gasteiger partial charge in [-0.1, -0.05) is 0 Å². The molecule has 0 aromatic heterocycles. The molecule has 0 saturated heterocycles. The molecule has 0 heterocycles. The molecule has 0 aromatic carbocycles. The van der Waals surface area contributed by atoms with Gasteiger partial charge in [0.1, 0.15) is 0 Å². The highest BCUT2D eigenvalue weighted by Gasteiger charge is 2.95. The van der Waals surface area contributed by atoms with E-state index >= 15 is 0 Å². The normalized spacial score (nSPS) is 16.3. The Hall–Kier alpha value is -0.760. The zero-order valence-corrected chi connectivity index (χ0v) is 14.3. The Morgan fingerprint density at radius 3 is 0.966 bits per heavy atom. The van der Waals surface area contributed by atoms with Crippen LogP contribution < -0.4 is 0 Å².